The van der Waals surface area contributed by atoms with Crippen LogP contribution in [0.5, 0.6) is 0 Å². The normalized spacial score (nSPS) is 13.0. The average molecular weight is 697 g/mol. The molecule has 0 N–H and O–H groups in total. The third-order valence-corrected chi connectivity index (χ3v) is 9.98. The first-order valence-corrected chi connectivity index (χ1v) is 17.6. The number of fused-ring (bicyclic) bond motifs is 8. The molecule has 0 atom stereocenters. The van der Waals surface area contributed by atoms with Crippen LogP contribution in [0.2, 0.25) is 0 Å². The second-order valence-electron chi connectivity index (χ2n) is 13.2. The van der Waals surface area contributed by atoms with Crippen LogP contribution >= 0.6 is 0 Å². The predicted octanol–water partition coefficient (Wildman–Crippen LogP) is 13.2. The number of nitrogens with zero attached hydrogens (tertiary/aromatic N) is 3. The van der Waals surface area contributed by atoms with Crippen molar-refractivity contribution in [3.63, 3.8) is 0 Å². The number of hydrogen-bond donors (Lipinski definition) is 0. The molecule has 0 aliphatic rings. The summed E-state index contributed by atoms with van der Waals surface area (Å²) < 4.78 is 55.7. The van der Waals surface area contributed by atoms with Crippen LogP contribution in [0.1, 0.15) is 6.85 Å². The van der Waals surface area contributed by atoms with Crippen molar-refractivity contribution >= 4 is 54.6 Å². The summed E-state index contributed by atoms with van der Waals surface area (Å²) in [5.41, 5.74) is 7.99. The van der Waals surface area contributed by atoms with E-state index in [-0.39, 0.29) is 30.2 Å². The molecule has 11 rings (SSSR count). The fourth-order valence-electron chi connectivity index (χ4n) is 7.46. The topological polar surface area (TPSA) is 65.0 Å². The Kier molecular flexibility index (Phi) is 5.73. The third-order valence-electron chi connectivity index (χ3n) is 9.98. The maximum atomic E-state index is 9.16. The van der Waals surface area contributed by atoms with Crippen LogP contribution < -0.4 is 0 Å². The first-order chi connectivity index (χ1) is 28.8. The van der Waals surface area contributed by atoms with E-state index in [0.29, 0.717) is 72.5 Å². The summed E-state index contributed by atoms with van der Waals surface area (Å²) >= 11 is 0. The first kappa shape index (κ1) is 25.6. The molecule has 0 amide bonds. The number of rotatable bonds is 5. The highest BCUT2D eigenvalue weighted by atomic mass is 16.3. The van der Waals surface area contributed by atoms with Crippen LogP contribution in [0.25, 0.3) is 111 Å². The van der Waals surface area contributed by atoms with Gasteiger partial charge in [0.25, 0.3) is 0 Å². The fraction of sp³-hybridized carbons (Fsp3) is 0. The molecule has 11 aromatic rings. The molecule has 252 valence electrons. The van der Waals surface area contributed by atoms with E-state index < -0.39 is 0 Å². The van der Waals surface area contributed by atoms with Crippen molar-refractivity contribution in [1.29, 1.82) is 0 Å². The molecule has 5 nitrogen and oxygen atoms in total. The smallest absolute Gasteiger partial charge is 0.164 e. The monoisotopic (exact) mass is 696 g/mol. The van der Waals surface area contributed by atoms with Crippen LogP contribution in [0.4, 0.5) is 0 Å². The summed E-state index contributed by atoms with van der Waals surface area (Å²) in [5.74, 6) is 1.39. The van der Waals surface area contributed by atoms with Crippen molar-refractivity contribution in [1.82, 2.24) is 15.0 Å². The molecular formula is C49H29N3O2. The lowest BCUT2D eigenvalue weighted by atomic mass is 9.97. The van der Waals surface area contributed by atoms with Gasteiger partial charge < -0.3 is 8.83 Å². The van der Waals surface area contributed by atoms with E-state index in [1.165, 1.54) is 6.07 Å². The van der Waals surface area contributed by atoms with E-state index in [0.717, 1.165) is 38.6 Å². The van der Waals surface area contributed by atoms with Gasteiger partial charge in [-0.15, -0.1) is 0 Å². The van der Waals surface area contributed by atoms with Gasteiger partial charge in [-0.3, -0.25) is 0 Å². The van der Waals surface area contributed by atoms with Gasteiger partial charge in [-0.05, 0) is 64.0 Å². The number of hydrogen-bond acceptors (Lipinski definition) is 5. The lowest BCUT2D eigenvalue weighted by Crippen LogP contribution is -2.00. The molecule has 0 radical (unpaired) electrons. The molecule has 3 aromatic heterocycles. The average Bonchev–Trinajstić information content (AvgIpc) is 3.84. The zero-order valence-electron chi connectivity index (χ0n) is 33.5. The molecule has 0 saturated heterocycles. The summed E-state index contributed by atoms with van der Waals surface area (Å²) in [5, 5.41) is 4.39. The van der Waals surface area contributed by atoms with Gasteiger partial charge in [0.1, 0.15) is 22.3 Å². The Labute approximate surface area is 316 Å². The van der Waals surface area contributed by atoms with Gasteiger partial charge in [-0.2, -0.15) is 0 Å². The molecule has 0 fully saturated rings. The van der Waals surface area contributed by atoms with Crippen molar-refractivity contribution in [2.24, 2.45) is 0 Å². The summed E-state index contributed by atoms with van der Waals surface area (Å²) in [6.07, 6.45) is 0. The molecule has 0 aliphatic heterocycles. The van der Waals surface area contributed by atoms with E-state index in [9.17, 15) is 0 Å². The molecule has 8 aromatic carbocycles. The summed E-state index contributed by atoms with van der Waals surface area (Å²) in [7, 11) is 0. The van der Waals surface area contributed by atoms with Crippen LogP contribution in [-0.4, -0.2) is 15.0 Å². The van der Waals surface area contributed by atoms with Gasteiger partial charge >= 0.3 is 0 Å². The van der Waals surface area contributed by atoms with Gasteiger partial charge in [-0.1, -0.05) is 139 Å². The van der Waals surface area contributed by atoms with Gasteiger partial charge in [0.2, 0.25) is 0 Å². The highest BCUT2D eigenvalue weighted by Gasteiger charge is 2.18. The Morgan fingerprint density at radius 3 is 1.89 bits per heavy atom. The maximum absolute atomic E-state index is 9.16. The number of aromatic nitrogens is 3. The van der Waals surface area contributed by atoms with E-state index in [4.69, 9.17) is 30.6 Å². The number of furan rings is 2. The first-order valence-electron chi connectivity index (χ1n) is 20.1. The molecule has 54 heavy (non-hydrogen) atoms. The van der Waals surface area contributed by atoms with Crippen LogP contribution in [0, 0.1) is 0 Å². The van der Waals surface area contributed by atoms with E-state index in [1.807, 2.05) is 103 Å². The van der Waals surface area contributed by atoms with Gasteiger partial charge in [0.15, 0.2) is 17.5 Å². The third kappa shape index (κ3) is 4.90. The predicted molar refractivity (Wildman–Crippen MR) is 219 cm³/mol. The fourth-order valence-corrected chi connectivity index (χ4v) is 7.46. The SMILES string of the molecule is [2H]c1cc2c(ccc3c2oc2cc([2H])c([2H])c(-c4cccc(-c5nc(-c6ccccc6)nc(-c6ccc7c(c6)oc6cccc(-c8ccccc8)c67)n5)c4)c23)c([2H])c1[2H]. The molecular weight excluding hydrogens is 663 g/mol. The van der Waals surface area contributed by atoms with E-state index in [2.05, 4.69) is 24.3 Å². The number of benzene rings is 8. The Hall–Kier alpha value is -7.37. The minimum atomic E-state index is -0.156. The summed E-state index contributed by atoms with van der Waals surface area (Å²) in [6.45, 7) is 0. The molecule has 0 spiro atoms. The van der Waals surface area contributed by atoms with Crippen LogP contribution in [0.3, 0.4) is 0 Å². The van der Waals surface area contributed by atoms with Crippen molar-refractivity contribution in [2.45, 2.75) is 0 Å². The Morgan fingerprint density at radius 1 is 0.389 bits per heavy atom. The highest BCUT2D eigenvalue weighted by Crippen LogP contribution is 2.41. The van der Waals surface area contributed by atoms with E-state index >= 15 is 0 Å². The molecule has 5 heteroatoms. The standard InChI is InChI=1S/C49H29N3O2/c1-3-12-30(13-4-1)36-20-10-22-41-44(36)39-26-25-35(29-43(39)53-41)49-51-47(32-15-5-2-6-16-32)50-48(52-49)34-18-9-17-33(28-34)37-21-11-23-42-45(37)40-27-24-31-14-7-8-19-38(31)46(40)54-42/h1-29H/i7D,8D,11D,14D,21D. The largest absolute Gasteiger partial charge is 0.456 e. The van der Waals surface area contributed by atoms with Crippen LogP contribution in [0.15, 0.2) is 185 Å². The minimum Gasteiger partial charge on any atom is -0.456 e. The molecule has 0 saturated carbocycles. The van der Waals surface area contributed by atoms with Crippen LogP contribution in [-0.2, 0) is 0 Å². The van der Waals surface area contributed by atoms with Gasteiger partial charge in [0, 0.05) is 43.6 Å². The molecule has 0 unspecified atom stereocenters. The Bertz CT molecular complexity index is 3510. The second kappa shape index (κ2) is 12.1. The quantitative estimate of drug-likeness (QED) is 0.179. The summed E-state index contributed by atoms with van der Waals surface area (Å²) in [4.78, 5) is 15.0. The van der Waals surface area contributed by atoms with Gasteiger partial charge in [-0.25, -0.2) is 15.0 Å². The molecule has 0 bridgehead atoms. The molecule has 0 aliphatic carbocycles. The van der Waals surface area contributed by atoms with Crippen molar-refractivity contribution in [2.75, 3.05) is 0 Å². The summed E-state index contributed by atoms with van der Waals surface area (Å²) in [6, 6.07) is 46.2. The molecule has 3 heterocycles. The zero-order chi connectivity index (χ0) is 39.9. The minimum absolute atomic E-state index is 0.0113. The van der Waals surface area contributed by atoms with Crippen molar-refractivity contribution in [3.05, 3.63) is 176 Å². The maximum Gasteiger partial charge on any atom is 0.164 e. The lowest BCUT2D eigenvalue weighted by molar-refractivity contribution is 0.669. The highest BCUT2D eigenvalue weighted by molar-refractivity contribution is 6.19. The van der Waals surface area contributed by atoms with E-state index in [1.54, 1.807) is 12.1 Å². The lowest BCUT2D eigenvalue weighted by Gasteiger charge is -2.10. The van der Waals surface area contributed by atoms with Crippen molar-refractivity contribution in [3.8, 4) is 56.4 Å². The Morgan fingerprint density at radius 2 is 1.06 bits per heavy atom. The second-order valence-corrected chi connectivity index (χ2v) is 13.2. The Balaban J connectivity index is 1.08. The van der Waals surface area contributed by atoms with Gasteiger partial charge in [0.05, 0.1) is 6.85 Å². The van der Waals surface area contributed by atoms with Crippen molar-refractivity contribution < 1.29 is 15.7 Å². The zero-order valence-corrected chi connectivity index (χ0v) is 28.5.